The second-order valence-corrected chi connectivity index (χ2v) is 6.23. The lowest BCUT2D eigenvalue weighted by Crippen LogP contribution is -2.19. The van der Waals surface area contributed by atoms with Gasteiger partial charge in [-0.05, 0) is 35.9 Å². The molecule has 0 unspecified atom stereocenters. The summed E-state index contributed by atoms with van der Waals surface area (Å²) in [5.74, 6) is -2.77. The minimum Gasteiger partial charge on any atom is -0.469 e. The van der Waals surface area contributed by atoms with Crippen molar-refractivity contribution in [2.75, 3.05) is 12.4 Å². The predicted molar refractivity (Wildman–Crippen MR) is 97.9 cm³/mol. The smallest absolute Gasteiger partial charge is 0.417 e. The Morgan fingerprint density at radius 2 is 1.79 bits per heavy atom. The Labute approximate surface area is 168 Å². The molecule has 2 rings (SSSR count). The molecule has 6 nitrogen and oxygen atoms in total. The van der Waals surface area contributed by atoms with Crippen LogP contribution in [-0.4, -0.2) is 25.0 Å². The van der Waals surface area contributed by atoms with Crippen LogP contribution in [0.25, 0.3) is 0 Å². The largest absolute Gasteiger partial charge is 0.469 e. The molecule has 0 saturated heterocycles. The highest BCUT2D eigenvalue weighted by Gasteiger charge is 2.36. The minimum atomic E-state index is -4.88. The first-order valence-electron chi connectivity index (χ1n) is 8.07. The lowest BCUT2D eigenvalue weighted by molar-refractivity contribution is -0.140. The van der Waals surface area contributed by atoms with Crippen molar-refractivity contribution in [1.82, 2.24) is 0 Å². The molecule has 0 aromatic heterocycles. The van der Waals surface area contributed by atoms with E-state index in [4.69, 9.17) is 11.6 Å². The highest BCUT2D eigenvalue weighted by atomic mass is 35.5. The van der Waals surface area contributed by atoms with Gasteiger partial charge in [0.2, 0.25) is 0 Å². The molecule has 0 aliphatic carbocycles. The van der Waals surface area contributed by atoms with Gasteiger partial charge in [0, 0.05) is 6.92 Å². The van der Waals surface area contributed by atoms with Crippen molar-refractivity contribution in [2.45, 2.75) is 19.5 Å². The fourth-order valence-electron chi connectivity index (χ4n) is 2.39. The Morgan fingerprint density at radius 3 is 2.38 bits per heavy atom. The van der Waals surface area contributed by atoms with E-state index in [2.05, 4.69) is 14.8 Å². The van der Waals surface area contributed by atoms with Gasteiger partial charge >= 0.3 is 18.1 Å². The molecule has 0 aliphatic rings. The lowest BCUT2D eigenvalue weighted by atomic mass is 10.1. The number of benzene rings is 2. The van der Waals surface area contributed by atoms with E-state index in [-0.39, 0.29) is 22.9 Å². The molecule has 0 spiro atoms. The minimum absolute atomic E-state index is 0.0234. The molecule has 29 heavy (non-hydrogen) atoms. The first-order chi connectivity index (χ1) is 13.5. The van der Waals surface area contributed by atoms with Gasteiger partial charge in [-0.1, -0.05) is 17.7 Å². The van der Waals surface area contributed by atoms with Crippen molar-refractivity contribution in [3.05, 3.63) is 58.1 Å². The van der Waals surface area contributed by atoms with Gasteiger partial charge in [-0.15, -0.1) is 0 Å². The first kappa shape index (κ1) is 22.2. The normalized spacial score (nSPS) is 11.0. The van der Waals surface area contributed by atoms with Crippen molar-refractivity contribution in [2.24, 2.45) is 0 Å². The average Bonchev–Trinajstić information content (AvgIpc) is 2.63. The SMILES string of the molecule is COC(=O)Cc1ccc(Cl)c(NC(=O)c2ccc(OC(C)=O)cc2C(F)(F)F)c1. The molecule has 1 amide bonds. The summed E-state index contributed by atoms with van der Waals surface area (Å²) in [4.78, 5) is 34.8. The molecule has 2 aromatic carbocycles. The van der Waals surface area contributed by atoms with Crippen molar-refractivity contribution in [3.8, 4) is 5.75 Å². The zero-order chi connectivity index (χ0) is 21.8. The van der Waals surface area contributed by atoms with Gasteiger partial charge in [-0.3, -0.25) is 14.4 Å². The Bertz CT molecular complexity index is 959. The number of anilines is 1. The predicted octanol–water partition coefficient (Wildman–Crippen LogP) is 4.25. The summed E-state index contributed by atoms with van der Waals surface area (Å²) in [7, 11) is 1.21. The number of halogens is 4. The van der Waals surface area contributed by atoms with E-state index >= 15 is 0 Å². The van der Waals surface area contributed by atoms with E-state index in [1.807, 2.05) is 0 Å². The van der Waals surface area contributed by atoms with E-state index in [9.17, 15) is 27.6 Å². The summed E-state index contributed by atoms with van der Waals surface area (Å²) < 4.78 is 49.4. The fraction of sp³-hybridized carbons (Fsp3) is 0.211. The fourth-order valence-corrected chi connectivity index (χ4v) is 2.56. The van der Waals surface area contributed by atoms with Gasteiger partial charge in [-0.2, -0.15) is 13.2 Å². The highest BCUT2D eigenvalue weighted by molar-refractivity contribution is 6.34. The summed E-state index contributed by atoms with van der Waals surface area (Å²) in [5, 5.41) is 2.37. The number of amides is 1. The molecule has 0 bridgehead atoms. The van der Waals surface area contributed by atoms with E-state index in [0.717, 1.165) is 19.1 Å². The van der Waals surface area contributed by atoms with Crippen LogP contribution in [-0.2, 0) is 26.9 Å². The highest BCUT2D eigenvalue weighted by Crippen LogP contribution is 2.35. The number of hydrogen-bond donors (Lipinski definition) is 1. The van der Waals surface area contributed by atoms with Gasteiger partial charge in [0.05, 0.1) is 35.4 Å². The zero-order valence-corrected chi connectivity index (χ0v) is 16.0. The molecule has 0 radical (unpaired) electrons. The quantitative estimate of drug-likeness (QED) is 0.567. The zero-order valence-electron chi connectivity index (χ0n) is 15.2. The molecule has 10 heteroatoms. The van der Waals surface area contributed by atoms with Gasteiger partial charge in [0.25, 0.3) is 5.91 Å². The summed E-state index contributed by atoms with van der Waals surface area (Å²) in [6, 6.07) is 6.79. The molecule has 2 aromatic rings. The number of esters is 2. The van der Waals surface area contributed by atoms with E-state index in [0.29, 0.717) is 11.6 Å². The summed E-state index contributed by atoms with van der Waals surface area (Å²) in [6.07, 6.45) is -4.99. The number of alkyl halides is 3. The van der Waals surface area contributed by atoms with Crippen LogP contribution < -0.4 is 10.1 Å². The van der Waals surface area contributed by atoms with E-state index < -0.39 is 35.1 Å². The van der Waals surface area contributed by atoms with Crippen LogP contribution in [0.4, 0.5) is 18.9 Å². The lowest BCUT2D eigenvalue weighted by Gasteiger charge is -2.15. The van der Waals surface area contributed by atoms with Crippen molar-refractivity contribution in [3.63, 3.8) is 0 Å². The van der Waals surface area contributed by atoms with Crippen LogP contribution in [0.3, 0.4) is 0 Å². The number of nitrogens with one attached hydrogen (secondary N) is 1. The number of carbonyl (C=O) groups is 3. The van der Waals surface area contributed by atoms with Crippen molar-refractivity contribution >= 4 is 35.1 Å². The number of carbonyl (C=O) groups excluding carboxylic acids is 3. The third kappa shape index (κ3) is 5.95. The average molecular weight is 430 g/mol. The van der Waals surface area contributed by atoms with Crippen LogP contribution >= 0.6 is 11.6 Å². The molecule has 154 valence electrons. The van der Waals surface area contributed by atoms with Crippen LogP contribution in [0, 0.1) is 0 Å². The Balaban J connectivity index is 2.36. The van der Waals surface area contributed by atoms with Crippen LogP contribution in [0.15, 0.2) is 36.4 Å². The number of hydrogen-bond acceptors (Lipinski definition) is 5. The maximum atomic E-state index is 13.4. The molecule has 0 heterocycles. The van der Waals surface area contributed by atoms with Crippen LogP contribution in [0.2, 0.25) is 5.02 Å². The molecular formula is C19H15ClF3NO5. The Morgan fingerprint density at radius 1 is 1.10 bits per heavy atom. The standard InChI is InChI=1S/C19H15ClF3NO5/c1-10(25)29-12-4-5-13(14(9-12)19(21,22)23)18(27)24-16-7-11(3-6-15(16)20)8-17(26)28-2/h3-7,9H,8H2,1-2H3,(H,24,27). The molecule has 0 fully saturated rings. The van der Waals surface area contributed by atoms with E-state index in [1.54, 1.807) is 0 Å². The number of rotatable bonds is 5. The van der Waals surface area contributed by atoms with Gasteiger partial charge in [0.1, 0.15) is 5.75 Å². The van der Waals surface area contributed by atoms with Crippen molar-refractivity contribution < 1.29 is 37.0 Å². The maximum Gasteiger partial charge on any atom is 0.417 e. The molecule has 1 N–H and O–H groups in total. The van der Waals surface area contributed by atoms with Crippen molar-refractivity contribution in [1.29, 1.82) is 0 Å². The summed E-state index contributed by atoms with van der Waals surface area (Å²) >= 11 is 6.00. The Hall–Kier alpha value is -3.07. The molecule has 0 atom stereocenters. The summed E-state index contributed by atoms with van der Waals surface area (Å²) in [5.41, 5.74) is -1.51. The summed E-state index contributed by atoms with van der Waals surface area (Å²) in [6.45, 7) is 1.04. The first-order valence-corrected chi connectivity index (χ1v) is 8.45. The van der Waals surface area contributed by atoms with Crippen LogP contribution in [0.1, 0.15) is 28.4 Å². The van der Waals surface area contributed by atoms with Gasteiger partial charge in [0.15, 0.2) is 0 Å². The monoisotopic (exact) mass is 429 g/mol. The molecule has 0 saturated carbocycles. The Kier molecular flexibility index (Phi) is 6.86. The number of ether oxygens (including phenoxy) is 2. The van der Waals surface area contributed by atoms with Gasteiger partial charge < -0.3 is 14.8 Å². The third-order valence-electron chi connectivity index (χ3n) is 3.66. The second kappa shape index (κ2) is 8.95. The number of methoxy groups -OCH3 is 1. The third-order valence-corrected chi connectivity index (χ3v) is 3.99. The van der Waals surface area contributed by atoms with E-state index in [1.165, 1.54) is 25.3 Å². The second-order valence-electron chi connectivity index (χ2n) is 5.82. The topological polar surface area (TPSA) is 81.7 Å². The molecular weight excluding hydrogens is 415 g/mol. The molecule has 0 aliphatic heterocycles. The maximum absolute atomic E-state index is 13.4. The van der Waals surface area contributed by atoms with Crippen LogP contribution in [0.5, 0.6) is 5.75 Å². The van der Waals surface area contributed by atoms with Gasteiger partial charge in [-0.25, -0.2) is 0 Å².